The molecule has 1 N–H and O–H groups in total. The van der Waals surface area contributed by atoms with Crippen molar-refractivity contribution in [3.8, 4) is 5.75 Å². The Balaban J connectivity index is 2.15. The molecule has 1 amide bonds. The first-order chi connectivity index (χ1) is 15.4. The number of Topliss-reactive ketones (excluding diaryl/α,β-unsaturated/α-hetero) is 1. The molecular formula is C24H26N2O6. The number of aliphatic hydroxyl groups is 1. The van der Waals surface area contributed by atoms with Crippen molar-refractivity contribution in [1.29, 1.82) is 0 Å². The van der Waals surface area contributed by atoms with Gasteiger partial charge in [0.05, 0.1) is 23.1 Å². The maximum absolute atomic E-state index is 13.0. The number of amides is 1. The van der Waals surface area contributed by atoms with Crippen LogP contribution in [0.2, 0.25) is 0 Å². The Morgan fingerprint density at radius 1 is 1.12 bits per heavy atom. The molecule has 1 heterocycles. The van der Waals surface area contributed by atoms with Crippen molar-refractivity contribution in [3.05, 3.63) is 75.3 Å². The summed E-state index contributed by atoms with van der Waals surface area (Å²) in [6, 6.07) is 11.6. The lowest BCUT2D eigenvalue weighted by Crippen LogP contribution is -2.30. The van der Waals surface area contributed by atoms with Crippen molar-refractivity contribution in [2.24, 2.45) is 0 Å². The fraction of sp³-hybridized carbons (Fsp3) is 0.333. The number of benzene rings is 2. The van der Waals surface area contributed by atoms with Crippen LogP contribution in [-0.4, -0.2) is 39.8 Å². The molecule has 8 nitrogen and oxygen atoms in total. The van der Waals surface area contributed by atoms with Crippen molar-refractivity contribution in [2.75, 3.05) is 13.2 Å². The first-order valence-corrected chi connectivity index (χ1v) is 10.6. The molecule has 32 heavy (non-hydrogen) atoms. The lowest BCUT2D eigenvalue weighted by Gasteiger charge is -2.25. The number of hydrogen-bond acceptors (Lipinski definition) is 6. The molecule has 0 aromatic heterocycles. The zero-order valence-corrected chi connectivity index (χ0v) is 18.1. The van der Waals surface area contributed by atoms with Gasteiger partial charge in [0.1, 0.15) is 11.5 Å². The minimum Gasteiger partial charge on any atom is -0.507 e. The van der Waals surface area contributed by atoms with Crippen LogP contribution in [-0.2, 0) is 9.59 Å². The van der Waals surface area contributed by atoms with E-state index < -0.39 is 28.4 Å². The molecular weight excluding hydrogens is 412 g/mol. The maximum Gasteiger partial charge on any atom is 0.295 e. The van der Waals surface area contributed by atoms with Crippen molar-refractivity contribution in [1.82, 2.24) is 4.90 Å². The van der Waals surface area contributed by atoms with E-state index in [1.54, 1.807) is 24.3 Å². The number of unbranched alkanes of at least 4 members (excludes halogenated alkanes) is 2. The van der Waals surface area contributed by atoms with Crippen LogP contribution < -0.4 is 4.74 Å². The third-order valence-corrected chi connectivity index (χ3v) is 5.36. The van der Waals surface area contributed by atoms with Crippen LogP contribution in [0.4, 0.5) is 5.69 Å². The average molecular weight is 438 g/mol. The van der Waals surface area contributed by atoms with Gasteiger partial charge in [0.25, 0.3) is 17.4 Å². The summed E-state index contributed by atoms with van der Waals surface area (Å²) < 4.78 is 5.57. The molecule has 2 aromatic rings. The predicted molar refractivity (Wildman–Crippen MR) is 119 cm³/mol. The number of ketones is 1. The van der Waals surface area contributed by atoms with Crippen molar-refractivity contribution < 1.29 is 24.4 Å². The number of rotatable bonds is 9. The largest absolute Gasteiger partial charge is 0.507 e. The molecule has 1 unspecified atom stereocenters. The molecule has 2 aromatic carbocycles. The van der Waals surface area contributed by atoms with Gasteiger partial charge >= 0.3 is 0 Å². The van der Waals surface area contributed by atoms with E-state index in [1.165, 1.54) is 29.2 Å². The molecule has 0 saturated carbocycles. The molecule has 0 bridgehead atoms. The van der Waals surface area contributed by atoms with Crippen LogP contribution in [0, 0.1) is 10.1 Å². The van der Waals surface area contributed by atoms with Crippen molar-refractivity contribution >= 4 is 23.1 Å². The van der Waals surface area contributed by atoms with E-state index in [1.807, 2.05) is 13.8 Å². The molecule has 1 fully saturated rings. The molecule has 1 aliphatic heterocycles. The minimum atomic E-state index is -0.813. The van der Waals surface area contributed by atoms with Gasteiger partial charge in [0, 0.05) is 24.2 Å². The number of aliphatic hydroxyl groups excluding tert-OH is 1. The molecule has 1 saturated heterocycles. The van der Waals surface area contributed by atoms with Crippen LogP contribution >= 0.6 is 0 Å². The summed E-state index contributed by atoms with van der Waals surface area (Å²) in [6.07, 6.45) is 2.55. The summed E-state index contributed by atoms with van der Waals surface area (Å²) in [6.45, 7) is 4.70. The topological polar surface area (TPSA) is 110 Å². The summed E-state index contributed by atoms with van der Waals surface area (Å²) in [4.78, 5) is 38.0. The first kappa shape index (κ1) is 23.0. The highest BCUT2D eigenvalue weighted by Gasteiger charge is 2.45. The van der Waals surface area contributed by atoms with Gasteiger partial charge in [-0.1, -0.05) is 44.0 Å². The third-order valence-electron chi connectivity index (χ3n) is 5.36. The number of nitro groups is 1. The van der Waals surface area contributed by atoms with Crippen molar-refractivity contribution in [3.63, 3.8) is 0 Å². The van der Waals surface area contributed by atoms with Crippen LogP contribution in [0.3, 0.4) is 0 Å². The smallest absolute Gasteiger partial charge is 0.295 e. The number of nitrogens with zero attached hydrogens (tertiary/aromatic N) is 2. The molecule has 0 spiro atoms. The fourth-order valence-electron chi connectivity index (χ4n) is 3.85. The van der Waals surface area contributed by atoms with E-state index in [9.17, 15) is 24.8 Å². The molecule has 1 aliphatic rings. The summed E-state index contributed by atoms with van der Waals surface area (Å²) in [7, 11) is 0. The Labute approximate surface area is 186 Å². The van der Waals surface area contributed by atoms with Gasteiger partial charge in [-0.05, 0) is 31.0 Å². The van der Waals surface area contributed by atoms with Gasteiger partial charge in [0.15, 0.2) is 0 Å². The summed E-state index contributed by atoms with van der Waals surface area (Å²) >= 11 is 0. The molecule has 168 valence electrons. The van der Waals surface area contributed by atoms with Gasteiger partial charge in [0.2, 0.25) is 0 Å². The van der Waals surface area contributed by atoms with Crippen LogP contribution in [0.25, 0.3) is 5.76 Å². The monoisotopic (exact) mass is 438 g/mol. The second-order valence-corrected chi connectivity index (χ2v) is 7.51. The molecule has 0 radical (unpaired) electrons. The van der Waals surface area contributed by atoms with Gasteiger partial charge in [-0.3, -0.25) is 19.7 Å². The lowest BCUT2D eigenvalue weighted by molar-refractivity contribution is -0.384. The first-order valence-electron chi connectivity index (χ1n) is 10.6. The van der Waals surface area contributed by atoms with Crippen molar-refractivity contribution in [2.45, 2.75) is 39.2 Å². The molecule has 8 heteroatoms. The van der Waals surface area contributed by atoms with E-state index >= 15 is 0 Å². The predicted octanol–water partition coefficient (Wildman–Crippen LogP) is 4.61. The van der Waals surface area contributed by atoms with Gasteiger partial charge in [-0.2, -0.15) is 0 Å². The number of hydrogen-bond donors (Lipinski definition) is 1. The fourth-order valence-corrected chi connectivity index (χ4v) is 3.85. The molecule has 3 rings (SSSR count). The highest BCUT2D eigenvalue weighted by atomic mass is 16.6. The van der Waals surface area contributed by atoms with Gasteiger partial charge in [-0.25, -0.2) is 0 Å². The standard InChI is InChI=1S/C24H26N2O6/c1-3-5-6-13-25-21(16-9-8-12-19(15-16)32-4-2)20(23(28)24(25)29)22(27)17-10-7-11-18(14-17)26(30)31/h7-12,14-15,21,27H,3-6,13H2,1-2H3/b22-20-. The van der Waals surface area contributed by atoms with E-state index in [-0.39, 0.29) is 16.8 Å². The number of nitro benzene ring substituents is 1. The summed E-state index contributed by atoms with van der Waals surface area (Å²) in [5.74, 6) is -1.35. The SMILES string of the molecule is CCCCCN1C(=O)C(=O)/C(=C(\O)c2cccc([N+](=O)[O-])c2)C1c1cccc(OCC)c1. The van der Waals surface area contributed by atoms with E-state index in [0.717, 1.165) is 12.8 Å². The van der Waals surface area contributed by atoms with Crippen LogP contribution in [0.5, 0.6) is 5.75 Å². The zero-order chi connectivity index (χ0) is 23.3. The van der Waals surface area contributed by atoms with Gasteiger partial charge in [-0.15, -0.1) is 0 Å². The number of non-ortho nitro benzene ring substituents is 1. The van der Waals surface area contributed by atoms with E-state index in [0.29, 0.717) is 30.9 Å². The normalized spacial score (nSPS) is 17.6. The Hall–Kier alpha value is -3.68. The Bertz CT molecular complexity index is 1060. The summed E-state index contributed by atoms with van der Waals surface area (Å²) in [5.41, 5.74) is 0.428. The van der Waals surface area contributed by atoms with E-state index in [2.05, 4.69) is 0 Å². The number of ether oxygens (including phenoxy) is 1. The number of carbonyl (C=O) groups is 2. The minimum absolute atomic E-state index is 0.0827. The maximum atomic E-state index is 13.0. The zero-order valence-electron chi connectivity index (χ0n) is 18.1. The second kappa shape index (κ2) is 10.1. The third kappa shape index (κ3) is 4.64. The second-order valence-electron chi connectivity index (χ2n) is 7.51. The number of carbonyl (C=O) groups excluding carboxylic acids is 2. The highest BCUT2D eigenvalue weighted by molar-refractivity contribution is 6.46. The average Bonchev–Trinajstić information content (AvgIpc) is 3.04. The molecule has 0 aliphatic carbocycles. The van der Waals surface area contributed by atoms with Crippen LogP contribution in [0.15, 0.2) is 54.1 Å². The Morgan fingerprint density at radius 2 is 1.88 bits per heavy atom. The quantitative estimate of drug-likeness (QED) is 0.153. The Kier molecular flexibility index (Phi) is 7.25. The highest BCUT2D eigenvalue weighted by Crippen LogP contribution is 2.40. The van der Waals surface area contributed by atoms with Gasteiger partial charge < -0.3 is 14.7 Å². The number of likely N-dealkylation sites (tertiary alicyclic amines) is 1. The lowest BCUT2D eigenvalue weighted by atomic mass is 9.95. The summed E-state index contributed by atoms with van der Waals surface area (Å²) in [5, 5.41) is 22.2. The Morgan fingerprint density at radius 3 is 2.56 bits per heavy atom. The van der Waals surface area contributed by atoms with E-state index in [4.69, 9.17) is 4.74 Å². The molecule has 1 atom stereocenters. The van der Waals surface area contributed by atoms with Crippen LogP contribution in [0.1, 0.15) is 50.3 Å².